The minimum Gasteiger partial charge on any atom is -0.481 e. The van der Waals surface area contributed by atoms with Crippen LogP contribution in [0.1, 0.15) is 12.5 Å². The Morgan fingerprint density at radius 3 is 2.55 bits per heavy atom. The summed E-state index contributed by atoms with van der Waals surface area (Å²) in [7, 11) is 0. The Labute approximate surface area is 129 Å². The zero-order valence-corrected chi connectivity index (χ0v) is 12.2. The van der Waals surface area contributed by atoms with E-state index in [0.717, 1.165) is 0 Å². The van der Waals surface area contributed by atoms with Crippen LogP contribution in [0.4, 0.5) is 4.39 Å². The fraction of sp³-hybridized carbons (Fsp3) is 0.167. The maximum atomic E-state index is 12.7. The number of nitrogens with one attached hydrogen (secondary N) is 1. The fourth-order valence-electron chi connectivity index (χ4n) is 1.71. The first kappa shape index (κ1) is 15.6. The van der Waals surface area contributed by atoms with Gasteiger partial charge in [-0.05, 0) is 43.3 Å². The van der Waals surface area contributed by atoms with Crippen molar-refractivity contribution in [1.29, 1.82) is 0 Å². The number of carbonyl (C=O) groups is 1. The number of amides is 1. The summed E-state index contributed by atoms with van der Waals surface area (Å²) in [4.78, 5) is 11.8. The van der Waals surface area contributed by atoms with E-state index in [0.29, 0.717) is 11.3 Å². The summed E-state index contributed by atoms with van der Waals surface area (Å²) in [6.45, 7) is 1.88. The monoisotopic (exact) mass is 297 g/mol. The van der Waals surface area contributed by atoms with Gasteiger partial charge in [-0.1, -0.05) is 30.0 Å². The van der Waals surface area contributed by atoms with Crippen molar-refractivity contribution in [2.24, 2.45) is 0 Å². The van der Waals surface area contributed by atoms with Crippen LogP contribution in [0.15, 0.2) is 54.6 Å². The molecule has 4 heteroatoms. The van der Waals surface area contributed by atoms with Crippen molar-refractivity contribution >= 4 is 5.91 Å². The van der Waals surface area contributed by atoms with Crippen LogP contribution in [0, 0.1) is 17.7 Å². The van der Waals surface area contributed by atoms with E-state index in [1.165, 1.54) is 12.1 Å². The number of para-hydroxylation sites is 1. The minimum absolute atomic E-state index is 0.207. The molecule has 1 unspecified atom stereocenters. The van der Waals surface area contributed by atoms with Crippen molar-refractivity contribution in [3.8, 4) is 17.6 Å². The molecule has 3 nitrogen and oxygen atoms in total. The first-order chi connectivity index (χ1) is 10.6. The van der Waals surface area contributed by atoms with Gasteiger partial charge in [-0.2, -0.15) is 0 Å². The Kier molecular flexibility index (Phi) is 5.56. The predicted octanol–water partition coefficient (Wildman–Crippen LogP) is 2.76. The van der Waals surface area contributed by atoms with Gasteiger partial charge in [0.1, 0.15) is 11.6 Å². The predicted molar refractivity (Wildman–Crippen MR) is 82.8 cm³/mol. The molecule has 1 amide bonds. The molecule has 0 aliphatic heterocycles. The van der Waals surface area contributed by atoms with E-state index < -0.39 is 6.10 Å². The molecular weight excluding hydrogens is 281 g/mol. The van der Waals surface area contributed by atoms with Crippen molar-refractivity contribution in [1.82, 2.24) is 5.32 Å². The van der Waals surface area contributed by atoms with Gasteiger partial charge in [0.05, 0.1) is 6.54 Å². The Hall–Kier alpha value is -2.80. The third-order valence-electron chi connectivity index (χ3n) is 2.85. The first-order valence-corrected chi connectivity index (χ1v) is 6.89. The molecule has 0 bridgehead atoms. The van der Waals surface area contributed by atoms with Gasteiger partial charge in [-0.15, -0.1) is 0 Å². The van der Waals surface area contributed by atoms with Crippen LogP contribution < -0.4 is 10.1 Å². The standard InChI is InChI=1S/C18H16FNO2/c1-14(22-17-7-3-2-4-8-17)18(21)20-13-5-6-15-9-11-16(19)12-10-15/h2-4,7-12,14H,13H2,1H3,(H,20,21). The van der Waals surface area contributed by atoms with E-state index in [-0.39, 0.29) is 18.3 Å². The molecule has 22 heavy (non-hydrogen) atoms. The highest BCUT2D eigenvalue weighted by Gasteiger charge is 2.13. The number of carbonyl (C=O) groups excluding carboxylic acids is 1. The maximum absolute atomic E-state index is 12.7. The van der Waals surface area contributed by atoms with Crippen molar-refractivity contribution < 1.29 is 13.9 Å². The lowest BCUT2D eigenvalue weighted by Crippen LogP contribution is -2.36. The van der Waals surface area contributed by atoms with E-state index in [4.69, 9.17) is 4.74 Å². The number of halogens is 1. The lowest BCUT2D eigenvalue weighted by Gasteiger charge is -2.13. The quantitative estimate of drug-likeness (QED) is 0.881. The van der Waals surface area contributed by atoms with Crippen molar-refractivity contribution in [2.45, 2.75) is 13.0 Å². The number of hydrogen-bond acceptors (Lipinski definition) is 2. The Morgan fingerprint density at radius 2 is 1.86 bits per heavy atom. The summed E-state index contributed by atoms with van der Waals surface area (Å²) in [6.07, 6.45) is -0.602. The molecule has 2 aromatic rings. The largest absolute Gasteiger partial charge is 0.481 e. The average molecular weight is 297 g/mol. The molecule has 1 N–H and O–H groups in total. The average Bonchev–Trinajstić information content (AvgIpc) is 2.54. The number of rotatable bonds is 4. The van der Waals surface area contributed by atoms with E-state index >= 15 is 0 Å². The molecule has 0 saturated carbocycles. The Bertz CT molecular complexity index is 672. The third kappa shape index (κ3) is 4.95. The van der Waals surface area contributed by atoms with Gasteiger partial charge in [0.15, 0.2) is 6.10 Å². The van der Waals surface area contributed by atoms with Gasteiger partial charge in [0, 0.05) is 5.56 Å². The minimum atomic E-state index is -0.602. The molecule has 2 rings (SSSR count). The smallest absolute Gasteiger partial charge is 0.261 e. The second kappa shape index (κ2) is 7.84. The third-order valence-corrected chi connectivity index (χ3v) is 2.85. The molecule has 0 spiro atoms. The second-order valence-electron chi connectivity index (χ2n) is 4.60. The molecule has 0 saturated heterocycles. The van der Waals surface area contributed by atoms with Crippen LogP contribution in [0.2, 0.25) is 0 Å². The lowest BCUT2D eigenvalue weighted by atomic mass is 10.2. The zero-order valence-electron chi connectivity index (χ0n) is 12.2. The topological polar surface area (TPSA) is 38.3 Å². The summed E-state index contributed by atoms with van der Waals surface area (Å²) in [5.41, 5.74) is 0.698. The SMILES string of the molecule is CC(Oc1ccccc1)C(=O)NCC#Cc1ccc(F)cc1. The van der Waals surface area contributed by atoms with E-state index in [2.05, 4.69) is 17.2 Å². The maximum Gasteiger partial charge on any atom is 0.261 e. The summed E-state index contributed by atoms with van der Waals surface area (Å²) < 4.78 is 18.2. The van der Waals surface area contributed by atoms with E-state index in [1.807, 2.05) is 18.2 Å². The van der Waals surface area contributed by atoms with Crippen LogP contribution in [-0.2, 0) is 4.79 Å². The highest BCUT2D eigenvalue weighted by Crippen LogP contribution is 2.10. The second-order valence-corrected chi connectivity index (χ2v) is 4.60. The van der Waals surface area contributed by atoms with Crippen molar-refractivity contribution in [2.75, 3.05) is 6.54 Å². The number of ether oxygens (including phenoxy) is 1. The van der Waals surface area contributed by atoms with Crippen LogP contribution in [0.25, 0.3) is 0 Å². The molecule has 0 aliphatic rings. The molecule has 0 aliphatic carbocycles. The van der Waals surface area contributed by atoms with Crippen LogP contribution in [0.5, 0.6) is 5.75 Å². The summed E-state index contributed by atoms with van der Waals surface area (Å²) >= 11 is 0. The molecule has 1 atom stereocenters. The molecule has 2 aromatic carbocycles. The van der Waals surface area contributed by atoms with Crippen LogP contribution in [-0.4, -0.2) is 18.6 Å². The highest BCUT2D eigenvalue weighted by molar-refractivity contribution is 5.80. The molecule has 112 valence electrons. The van der Waals surface area contributed by atoms with E-state index in [1.54, 1.807) is 31.2 Å². The lowest BCUT2D eigenvalue weighted by molar-refractivity contribution is -0.126. The molecule has 0 fully saturated rings. The van der Waals surface area contributed by atoms with Crippen molar-refractivity contribution in [3.05, 3.63) is 66.0 Å². The zero-order chi connectivity index (χ0) is 15.8. The normalized spacial score (nSPS) is 11.0. The van der Waals surface area contributed by atoms with Crippen molar-refractivity contribution in [3.63, 3.8) is 0 Å². The van der Waals surface area contributed by atoms with E-state index in [9.17, 15) is 9.18 Å². The van der Waals surface area contributed by atoms with Gasteiger partial charge in [0.2, 0.25) is 0 Å². The van der Waals surface area contributed by atoms with Gasteiger partial charge in [-0.3, -0.25) is 4.79 Å². The van der Waals surface area contributed by atoms with Gasteiger partial charge >= 0.3 is 0 Å². The van der Waals surface area contributed by atoms with Gasteiger partial charge in [-0.25, -0.2) is 4.39 Å². The Morgan fingerprint density at radius 1 is 1.18 bits per heavy atom. The number of benzene rings is 2. The van der Waals surface area contributed by atoms with Crippen LogP contribution in [0.3, 0.4) is 0 Å². The fourth-order valence-corrected chi connectivity index (χ4v) is 1.71. The summed E-state index contributed by atoms with van der Waals surface area (Å²) in [5, 5.41) is 2.67. The molecule has 0 radical (unpaired) electrons. The van der Waals surface area contributed by atoms with Crippen LogP contribution >= 0.6 is 0 Å². The highest BCUT2D eigenvalue weighted by atomic mass is 19.1. The number of hydrogen-bond donors (Lipinski definition) is 1. The van der Waals surface area contributed by atoms with Gasteiger partial charge < -0.3 is 10.1 Å². The molecule has 0 aromatic heterocycles. The van der Waals surface area contributed by atoms with Gasteiger partial charge in [0.25, 0.3) is 5.91 Å². The summed E-state index contributed by atoms with van der Waals surface area (Å²) in [6, 6.07) is 15.0. The Balaban J connectivity index is 1.79. The molecular formula is C18H16FNO2. The first-order valence-electron chi connectivity index (χ1n) is 6.89. The molecule has 0 heterocycles. The summed E-state index contributed by atoms with van der Waals surface area (Å²) in [5.74, 6) is 5.76.